The number of hydrogen-bond acceptors (Lipinski definition) is 4. The lowest BCUT2D eigenvalue weighted by Gasteiger charge is -2.10. The Balaban J connectivity index is 2.12. The van der Waals surface area contributed by atoms with Gasteiger partial charge in [-0.3, -0.25) is 0 Å². The van der Waals surface area contributed by atoms with Gasteiger partial charge in [0.05, 0.1) is 18.4 Å². The molecule has 1 aromatic heterocycles. The molecular weight excluding hydrogens is 286 g/mol. The minimum absolute atomic E-state index is 0.254. The van der Waals surface area contributed by atoms with Crippen molar-refractivity contribution >= 4 is 17.3 Å². The van der Waals surface area contributed by atoms with Crippen LogP contribution in [0.4, 0.5) is 0 Å². The fourth-order valence-electron chi connectivity index (χ4n) is 1.82. The third kappa shape index (κ3) is 3.89. The highest BCUT2D eigenvalue weighted by atomic mass is 32.1. The zero-order valence-corrected chi connectivity index (χ0v) is 13.2. The molecule has 1 unspecified atom stereocenters. The van der Waals surface area contributed by atoms with E-state index in [4.69, 9.17) is 9.84 Å². The summed E-state index contributed by atoms with van der Waals surface area (Å²) in [6, 6.07) is 7.90. The van der Waals surface area contributed by atoms with Gasteiger partial charge in [-0.15, -0.1) is 11.3 Å². The highest BCUT2D eigenvalue weighted by Crippen LogP contribution is 2.28. The van der Waals surface area contributed by atoms with Gasteiger partial charge in [-0.25, -0.2) is 9.78 Å². The zero-order valence-electron chi connectivity index (χ0n) is 12.4. The van der Waals surface area contributed by atoms with E-state index in [1.807, 2.05) is 24.3 Å². The van der Waals surface area contributed by atoms with Crippen LogP contribution in [0.15, 0.2) is 24.3 Å². The minimum Gasteiger partial charge on any atom is -0.477 e. The first-order chi connectivity index (χ1) is 10.0. The summed E-state index contributed by atoms with van der Waals surface area (Å²) in [7, 11) is 0. The monoisotopic (exact) mass is 305 g/mol. The van der Waals surface area contributed by atoms with Crippen LogP contribution in [-0.4, -0.2) is 22.2 Å². The number of thiazole rings is 1. The van der Waals surface area contributed by atoms with E-state index in [1.54, 1.807) is 6.92 Å². The Bertz CT molecular complexity index is 619. The number of ether oxygens (including phenoxy) is 1. The Morgan fingerprint density at radius 3 is 2.57 bits per heavy atom. The lowest BCUT2D eigenvalue weighted by atomic mass is 10.1. The van der Waals surface area contributed by atoms with Gasteiger partial charge in [0.25, 0.3) is 0 Å². The molecule has 0 aliphatic rings. The lowest BCUT2D eigenvalue weighted by molar-refractivity contribution is 0.0508. The maximum Gasteiger partial charge on any atom is 0.347 e. The van der Waals surface area contributed by atoms with Gasteiger partial charge in [-0.1, -0.05) is 31.2 Å². The van der Waals surface area contributed by atoms with Crippen molar-refractivity contribution in [2.75, 3.05) is 0 Å². The first-order valence-electron chi connectivity index (χ1n) is 6.93. The molecule has 1 N–H and O–H groups in total. The lowest BCUT2D eigenvalue weighted by Crippen LogP contribution is -2.05. The van der Waals surface area contributed by atoms with E-state index >= 15 is 0 Å². The van der Waals surface area contributed by atoms with E-state index in [0.717, 1.165) is 22.6 Å². The molecule has 1 atom stereocenters. The third-order valence-corrected chi connectivity index (χ3v) is 4.50. The molecule has 0 fully saturated rings. The van der Waals surface area contributed by atoms with Gasteiger partial charge in [0.1, 0.15) is 9.88 Å². The number of carbonyl (C=O) groups is 1. The first-order valence-corrected chi connectivity index (χ1v) is 7.74. The van der Waals surface area contributed by atoms with E-state index in [0.29, 0.717) is 17.2 Å². The quantitative estimate of drug-likeness (QED) is 0.871. The number of benzene rings is 1. The Labute approximate surface area is 128 Å². The summed E-state index contributed by atoms with van der Waals surface area (Å²) in [5.74, 6) is -0.921. The number of hydrogen-bond donors (Lipinski definition) is 1. The Morgan fingerprint density at radius 2 is 2.05 bits per heavy atom. The number of aromatic nitrogens is 1. The van der Waals surface area contributed by atoms with Crippen molar-refractivity contribution in [3.05, 3.63) is 40.4 Å². The van der Waals surface area contributed by atoms with Crippen LogP contribution in [0.25, 0.3) is 10.6 Å². The van der Waals surface area contributed by atoms with E-state index in [9.17, 15) is 4.79 Å². The summed E-state index contributed by atoms with van der Waals surface area (Å²) in [5, 5.41) is 9.80. The summed E-state index contributed by atoms with van der Waals surface area (Å²) in [6.07, 6.45) is 1.25. The smallest absolute Gasteiger partial charge is 0.347 e. The zero-order chi connectivity index (χ0) is 15.4. The topological polar surface area (TPSA) is 59.4 Å². The molecular formula is C16H19NO3S. The molecule has 0 aliphatic heterocycles. The van der Waals surface area contributed by atoms with Crippen molar-refractivity contribution in [1.82, 2.24) is 4.98 Å². The summed E-state index contributed by atoms with van der Waals surface area (Å²) >= 11 is 1.21. The van der Waals surface area contributed by atoms with Crippen molar-refractivity contribution in [2.45, 2.75) is 39.9 Å². The second-order valence-corrected chi connectivity index (χ2v) is 5.96. The Morgan fingerprint density at radius 1 is 1.38 bits per heavy atom. The average molecular weight is 305 g/mol. The summed E-state index contributed by atoms with van der Waals surface area (Å²) in [5.41, 5.74) is 2.60. The second-order valence-electron chi connectivity index (χ2n) is 4.97. The van der Waals surface area contributed by atoms with E-state index in [-0.39, 0.29) is 6.10 Å². The molecule has 2 aromatic rings. The van der Waals surface area contributed by atoms with Crippen LogP contribution in [0.1, 0.15) is 41.2 Å². The predicted molar refractivity (Wildman–Crippen MR) is 83.8 cm³/mol. The molecule has 0 aliphatic carbocycles. The molecule has 0 amide bonds. The number of aromatic carboxylic acids is 1. The fraction of sp³-hybridized carbons (Fsp3) is 0.375. The molecule has 4 nitrogen and oxygen atoms in total. The maximum atomic E-state index is 11.1. The molecule has 112 valence electrons. The fourth-order valence-corrected chi connectivity index (χ4v) is 2.73. The molecule has 21 heavy (non-hydrogen) atoms. The van der Waals surface area contributed by atoms with Gasteiger partial charge in [-0.2, -0.15) is 0 Å². The van der Waals surface area contributed by atoms with Crippen LogP contribution in [0.2, 0.25) is 0 Å². The predicted octanol–water partition coefficient (Wildman–Crippen LogP) is 4.13. The van der Waals surface area contributed by atoms with E-state index < -0.39 is 5.97 Å². The molecule has 1 aromatic carbocycles. The van der Waals surface area contributed by atoms with Gasteiger partial charge in [-0.05, 0) is 25.8 Å². The van der Waals surface area contributed by atoms with Gasteiger partial charge in [0.15, 0.2) is 0 Å². The number of carboxylic acids is 1. The van der Waals surface area contributed by atoms with E-state index in [2.05, 4.69) is 18.8 Å². The number of carboxylic acid groups (broad SMARTS) is 1. The molecule has 0 spiro atoms. The van der Waals surface area contributed by atoms with Gasteiger partial charge in [0.2, 0.25) is 0 Å². The van der Waals surface area contributed by atoms with Crippen LogP contribution < -0.4 is 0 Å². The van der Waals surface area contributed by atoms with Crippen molar-refractivity contribution in [2.24, 2.45) is 0 Å². The SMILES string of the molecule is CCC(C)OCc1ccc(-c2nc(C)c(C(=O)O)s2)cc1. The summed E-state index contributed by atoms with van der Waals surface area (Å²) in [4.78, 5) is 15.7. The molecule has 1 heterocycles. The standard InChI is InChI=1S/C16H19NO3S/c1-4-10(2)20-9-12-5-7-13(8-6-12)15-17-11(3)14(21-15)16(18)19/h5-8,10H,4,9H2,1-3H3,(H,18,19). The minimum atomic E-state index is -0.921. The maximum absolute atomic E-state index is 11.1. The Kier molecular flexibility index (Phi) is 5.09. The molecule has 0 saturated heterocycles. The largest absolute Gasteiger partial charge is 0.477 e. The van der Waals surface area contributed by atoms with Crippen molar-refractivity contribution in [3.63, 3.8) is 0 Å². The molecule has 0 radical (unpaired) electrons. The second kappa shape index (κ2) is 6.83. The van der Waals surface area contributed by atoms with Crippen LogP contribution in [0.5, 0.6) is 0 Å². The molecule has 0 saturated carbocycles. The molecule has 2 rings (SSSR count). The van der Waals surface area contributed by atoms with Crippen molar-refractivity contribution < 1.29 is 14.6 Å². The van der Waals surface area contributed by atoms with Gasteiger partial charge in [0, 0.05) is 5.56 Å². The first kappa shape index (κ1) is 15.7. The van der Waals surface area contributed by atoms with Crippen LogP contribution in [-0.2, 0) is 11.3 Å². The normalized spacial score (nSPS) is 12.3. The molecule has 0 bridgehead atoms. The Hall–Kier alpha value is -1.72. The van der Waals surface area contributed by atoms with Crippen LogP contribution >= 0.6 is 11.3 Å². The highest BCUT2D eigenvalue weighted by Gasteiger charge is 2.14. The highest BCUT2D eigenvalue weighted by molar-refractivity contribution is 7.17. The summed E-state index contributed by atoms with van der Waals surface area (Å²) < 4.78 is 5.69. The summed E-state index contributed by atoms with van der Waals surface area (Å²) in [6.45, 7) is 6.46. The van der Waals surface area contributed by atoms with Crippen LogP contribution in [0.3, 0.4) is 0 Å². The van der Waals surface area contributed by atoms with Gasteiger partial charge < -0.3 is 9.84 Å². The number of aryl methyl sites for hydroxylation is 1. The third-order valence-electron chi connectivity index (χ3n) is 3.30. The van der Waals surface area contributed by atoms with Crippen molar-refractivity contribution in [1.29, 1.82) is 0 Å². The van der Waals surface area contributed by atoms with Gasteiger partial charge >= 0.3 is 5.97 Å². The number of nitrogens with zero attached hydrogens (tertiary/aromatic N) is 1. The van der Waals surface area contributed by atoms with Crippen molar-refractivity contribution in [3.8, 4) is 10.6 Å². The van der Waals surface area contributed by atoms with Crippen LogP contribution in [0, 0.1) is 6.92 Å². The average Bonchev–Trinajstić information content (AvgIpc) is 2.87. The number of rotatable bonds is 6. The van der Waals surface area contributed by atoms with E-state index in [1.165, 1.54) is 11.3 Å². The molecule has 5 heteroatoms.